The van der Waals surface area contributed by atoms with Crippen molar-refractivity contribution < 1.29 is 14.3 Å². The Balaban J connectivity index is 1.73. The second-order valence-corrected chi connectivity index (χ2v) is 5.44. The zero-order valence-corrected chi connectivity index (χ0v) is 13.7. The fourth-order valence-electron chi connectivity index (χ4n) is 2.47. The van der Waals surface area contributed by atoms with Crippen LogP contribution < -0.4 is 15.4 Å². The van der Waals surface area contributed by atoms with E-state index in [9.17, 15) is 9.59 Å². The lowest BCUT2D eigenvalue weighted by Crippen LogP contribution is -2.50. The van der Waals surface area contributed by atoms with Crippen molar-refractivity contribution in [1.29, 1.82) is 0 Å². The van der Waals surface area contributed by atoms with Gasteiger partial charge in [-0.15, -0.1) is 0 Å². The molecule has 7 nitrogen and oxygen atoms in total. The maximum absolute atomic E-state index is 11.9. The van der Waals surface area contributed by atoms with E-state index in [4.69, 9.17) is 4.74 Å². The summed E-state index contributed by atoms with van der Waals surface area (Å²) < 4.78 is 5.05. The zero-order valence-electron chi connectivity index (χ0n) is 13.7. The minimum absolute atomic E-state index is 0.244. The number of piperazine rings is 1. The number of hydrogen-bond donors (Lipinski definition) is 2. The van der Waals surface area contributed by atoms with Gasteiger partial charge in [0.25, 0.3) is 0 Å². The Bertz CT molecular complexity index is 525. The van der Waals surface area contributed by atoms with E-state index < -0.39 is 6.03 Å². The lowest BCUT2D eigenvalue weighted by molar-refractivity contribution is -0.121. The molecule has 1 aliphatic rings. The number of carbonyl (C=O) groups is 2. The number of rotatable bonds is 5. The van der Waals surface area contributed by atoms with Crippen LogP contribution in [-0.4, -0.2) is 68.1 Å². The van der Waals surface area contributed by atoms with Gasteiger partial charge in [0.05, 0.1) is 13.7 Å². The van der Waals surface area contributed by atoms with Crippen molar-refractivity contribution in [3.63, 3.8) is 0 Å². The first-order valence-electron chi connectivity index (χ1n) is 7.80. The maximum Gasteiger partial charge on any atom is 0.325 e. The number of methoxy groups -OCH3 is 1. The van der Waals surface area contributed by atoms with Gasteiger partial charge in [0.2, 0.25) is 5.91 Å². The van der Waals surface area contributed by atoms with Crippen molar-refractivity contribution in [2.24, 2.45) is 0 Å². The Morgan fingerprint density at radius 2 is 1.70 bits per heavy atom. The van der Waals surface area contributed by atoms with Gasteiger partial charge in [-0.3, -0.25) is 15.0 Å². The third-order valence-electron chi connectivity index (χ3n) is 3.88. The van der Waals surface area contributed by atoms with E-state index in [2.05, 4.69) is 27.4 Å². The molecule has 0 aromatic heterocycles. The van der Waals surface area contributed by atoms with Crippen molar-refractivity contribution in [2.75, 3.05) is 51.7 Å². The van der Waals surface area contributed by atoms with Crippen LogP contribution in [0.4, 0.5) is 10.5 Å². The second kappa shape index (κ2) is 8.50. The van der Waals surface area contributed by atoms with Crippen LogP contribution in [0.25, 0.3) is 0 Å². The van der Waals surface area contributed by atoms with Gasteiger partial charge in [0.1, 0.15) is 5.75 Å². The van der Waals surface area contributed by atoms with Gasteiger partial charge in [-0.2, -0.15) is 0 Å². The van der Waals surface area contributed by atoms with E-state index in [1.807, 2.05) is 0 Å². The molecule has 126 valence electrons. The minimum atomic E-state index is -0.521. The summed E-state index contributed by atoms with van der Waals surface area (Å²) in [6.07, 6.45) is 0. The molecule has 1 aliphatic heterocycles. The number of nitrogens with zero attached hydrogens (tertiary/aromatic N) is 2. The Labute approximate surface area is 136 Å². The monoisotopic (exact) mass is 320 g/mol. The summed E-state index contributed by atoms with van der Waals surface area (Å²) in [6.45, 7) is 7.02. The van der Waals surface area contributed by atoms with E-state index in [0.29, 0.717) is 11.4 Å². The van der Waals surface area contributed by atoms with Crippen LogP contribution in [0.2, 0.25) is 0 Å². The number of amides is 3. The van der Waals surface area contributed by atoms with Gasteiger partial charge in [0, 0.05) is 31.9 Å². The molecule has 1 aromatic carbocycles. The SMILES string of the molecule is CCN1CCN(CC(=O)NC(=O)Nc2ccc(OC)cc2)CC1. The Morgan fingerprint density at radius 1 is 1.09 bits per heavy atom. The molecule has 0 aliphatic carbocycles. The fourth-order valence-corrected chi connectivity index (χ4v) is 2.47. The highest BCUT2D eigenvalue weighted by molar-refractivity contribution is 6.01. The second-order valence-electron chi connectivity index (χ2n) is 5.44. The topological polar surface area (TPSA) is 73.9 Å². The van der Waals surface area contributed by atoms with Crippen LogP contribution in [0.5, 0.6) is 5.75 Å². The predicted molar refractivity (Wildman–Crippen MR) is 88.7 cm³/mol. The van der Waals surface area contributed by atoms with Gasteiger partial charge in [-0.25, -0.2) is 4.79 Å². The molecule has 0 unspecified atom stereocenters. The van der Waals surface area contributed by atoms with E-state index in [0.717, 1.165) is 32.7 Å². The summed E-state index contributed by atoms with van der Waals surface area (Å²) in [5.41, 5.74) is 0.604. The fraction of sp³-hybridized carbons (Fsp3) is 0.500. The van der Waals surface area contributed by atoms with Crippen LogP contribution in [0.1, 0.15) is 6.92 Å². The van der Waals surface area contributed by atoms with Gasteiger partial charge in [0.15, 0.2) is 0 Å². The number of urea groups is 1. The van der Waals surface area contributed by atoms with E-state index in [1.54, 1.807) is 31.4 Å². The predicted octanol–water partition coefficient (Wildman–Crippen LogP) is 0.981. The summed E-state index contributed by atoms with van der Waals surface area (Å²) in [5, 5.41) is 4.98. The van der Waals surface area contributed by atoms with Gasteiger partial charge < -0.3 is 15.0 Å². The molecule has 1 aromatic rings. The zero-order chi connectivity index (χ0) is 16.7. The number of anilines is 1. The first kappa shape index (κ1) is 17.2. The maximum atomic E-state index is 11.9. The molecule has 0 bridgehead atoms. The molecule has 7 heteroatoms. The molecule has 1 heterocycles. The quantitative estimate of drug-likeness (QED) is 0.846. The van der Waals surface area contributed by atoms with Crippen LogP contribution >= 0.6 is 0 Å². The van der Waals surface area contributed by atoms with E-state index >= 15 is 0 Å². The first-order valence-corrected chi connectivity index (χ1v) is 7.80. The first-order chi connectivity index (χ1) is 11.1. The Kier molecular flexibility index (Phi) is 6.37. The molecule has 3 amide bonds. The minimum Gasteiger partial charge on any atom is -0.497 e. The van der Waals surface area contributed by atoms with Crippen molar-refractivity contribution in [3.05, 3.63) is 24.3 Å². The number of imide groups is 1. The number of hydrogen-bond acceptors (Lipinski definition) is 5. The van der Waals surface area contributed by atoms with E-state index in [1.165, 1.54) is 0 Å². The highest BCUT2D eigenvalue weighted by atomic mass is 16.5. The molecule has 1 saturated heterocycles. The molecule has 0 radical (unpaired) electrons. The molecule has 23 heavy (non-hydrogen) atoms. The Hall–Kier alpha value is -2.12. The molecule has 0 spiro atoms. The van der Waals surface area contributed by atoms with Crippen molar-refractivity contribution in [3.8, 4) is 5.75 Å². The van der Waals surface area contributed by atoms with Crippen molar-refractivity contribution >= 4 is 17.6 Å². The molecule has 2 N–H and O–H groups in total. The Morgan fingerprint density at radius 3 is 2.26 bits per heavy atom. The van der Waals surface area contributed by atoms with Crippen molar-refractivity contribution in [1.82, 2.24) is 15.1 Å². The number of ether oxygens (including phenoxy) is 1. The number of carbonyl (C=O) groups excluding carboxylic acids is 2. The number of nitrogens with one attached hydrogen (secondary N) is 2. The highest BCUT2D eigenvalue weighted by Gasteiger charge is 2.18. The molecule has 2 rings (SSSR count). The molecule has 1 fully saturated rings. The third-order valence-corrected chi connectivity index (χ3v) is 3.88. The molecular formula is C16H24N4O3. The van der Waals surface area contributed by atoms with Crippen LogP contribution in [0, 0.1) is 0 Å². The smallest absolute Gasteiger partial charge is 0.325 e. The van der Waals surface area contributed by atoms with Crippen LogP contribution in [-0.2, 0) is 4.79 Å². The highest BCUT2D eigenvalue weighted by Crippen LogP contribution is 2.14. The normalized spacial score (nSPS) is 15.9. The number of likely N-dealkylation sites (N-methyl/N-ethyl adjacent to an activating group) is 1. The average molecular weight is 320 g/mol. The van der Waals surface area contributed by atoms with E-state index in [-0.39, 0.29) is 12.5 Å². The summed E-state index contributed by atoms with van der Waals surface area (Å²) in [4.78, 5) is 28.1. The molecular weight excluding hydrogens is 296 g/mol. The summed E-state index contributed by atoms with van der Waals surface area (Å²) >= 11 is 0. The average Bonchev–Trinajstić information content (AvgIpc) is 2.56. The molecule has 0 saturated carbocycles. The van der Waals surface area contributed by atoms with Gasteiger partial charge in [-0.05, 0) is 30.8 Å². The summed E-state index contributed by atoms with van der Waals surface area (Å²) in [5.74, 6) is 0.416. The lowest BCUT2D eigenvalue weighted by Gasteiger charge is -2.33. The van der Waals surface area contributed by atoms with Crippen LogP contribution in [0.3, 0.4) is 0 Å². The standard InChI is InChI=1S/C16H24N4O3/c1-3-19-8-10-20(11-9-19)12-15(21)18-16(22)17-13-4-6-14(23-2)7-5-13/h4-7H,3,8-12H2,1-2H3,(H2,17,18,21,22). The van der Waals surface area contributed by atoms with Crippen LogP contribution in [0.15, 0.2) is 24.3 Å². The van der Waals surface area contributed by atoms with Gasteiger partial charge in [-0.1, -0.05) is 6.92 Å². The molecule has 0 atom stereocenters. The largest absolute Gasteiger partial charge is 0.497 e. The van der Waals surface area contributed by atoms with Gasteiger partial charge >= 0.3 is 6.03 Å². The number of benzene rings is 1. The lowest BCUT2D eigenvalue weighted by atomic mass is 10.3. The van der Waals surface area contributed by atoms with Crippen molar-refractivity contribution in [2.45, 2.75) is 6.92 Å². The summed E-state index contributed by atoms with van der Waals surface area (Å²) in [6, 6.07) is 6.39. The summed E-state index contributed by atoms with van der Waals surface area (Å²) in [7, 11) is 1.58. The third kappa shape index (κ3) is 5.54.